The molecule has 2 rings (SSSR count). The van der Waals surface area contributed by atoms with E-state index in [1.54, 1.807) is 30.3 Å². The van der Waals surface area contributed by atoms with Crippen molar-refractivity contribution in [3.8, 4) is 0 Å². The molecule has 0 N–H and O–H groups in total. The zero-order valence-electron chi connectivity index (χ0n) is 26.3. The molecule has 0 spiro atoms. The SMILES string of the molecule is CCCCCCCCCCCCCC(=O)O[C@H](/C=C/C(C)C)[C@H]1OC(=O)[C@H](OC)[C@@H]1OC(=O)[C@H](OC)c1ccccc1. The van der Waals surface area contributed by atoms with Gasteiger partial charge >= 0.3 is 17.9 Å². The highest BCUT2D eigenvalue weighted by molar-refractivity contribution is 5.81. The number of rotatable bonds is 21. The van der Waals surface area contributed by atoms with Crippen molar-refractivity contribution in [1.82, 2.24) is 0 Å². The second-order valence-electron chi connectivity index (χ2n) is 11.4. The second-order valence-corrected chi connectivity index (χ2v) is 11.4. The molecule has 0 saturated carbocycles. The molecule has 1 aliphatic heterocycles. The largest absolute Gasteiger partial charge is 0.454 e. The number of cyclic esters (lactones) is 1. The maximum Gasteiger partial charge on any atom is 0.340 e. The third-order valence-electron chi connectivity index (χ3n) is 7.43. The molecule has 1 saturated heterocycles. The third-order valence-corrected chi connectivity index (χ3v) is 7.43. The molecule has 0 amide bonds. The number of methoxy groups -OCH3 is 2. The van der Waals surface area contributed by atoms with Gasteiger partial charge in [0.1, 0.15) is 0 Å². The highest BCUT2D eigenvalue weighted by Crippen LogP contribution is 2.29. The Morgan fingerprint density at radius 1 is 0.881 bits per heavy atom. The Bertz CT molecular complexity index is 944. The fourth-order valence-corrected chi connectivity index (χ4v) is 5.07. The summed E-state index contributed by atoms with van der Waals surface area (Å²) in [6.45, 7) is 6.21. The van der Waals surface area contributed by atoms with Crippen LogP contribution in [0.2, 0.25) is 0 Å². The van der Waals surface area contributed by atoms with Crippen LogP contribution in [0, 0.1) is 5.92 Å². The Morgan fingerprint density at radius 2 is 1.48 bits per heavy atom. The number of carbonyl (C=O) groups is 3. The van der Waals surface area contributed by atoms with Crippen LogP contribution >= 0.6 is 0 Å². The van der Waals surface area contributed by atoms with Crippen LogP contribution in [0.15, 0.2) is 42.5 Å². The minimum absolute atomic E-state index is 0.158. The van der Waals surface area contributed by atoms with Gasteiger partial charge in [-0.2, -0.15) is 0 Å². The van der Waals surface area contributed by atoms with Gasteiger partial charge in [0.25, 0.3) is 0 Å². The number of benzene rings is 1. The maximum atomic E-state index is 13.2. The Hall–Kier alpha value is -2.71. The molecule has 5 atom stereocenters. The monoisotopic (exact) mass is 588 g/mol. The molecular formula is C34H52O8. The molecule has 42 heavy (non-hydrogen) atoms. The van der Waals surface area contributed by atoms with Crippen molar-refractivity contribution >= 4 is 17.9 Å². The van der Waals surface area contributed by atoms with Crippen LogP contribution in [0.4, 0.5) is 0 Å². The van der Waals surface area contributed by atoms with Gasteiger partial charge in [0.05, 0.1) is 0 Å². The lowest BCUT2D eigenvalue weighted by Crippen LogP contribution is -2.44. The summed E-state index contributed by atoms with van der Waals surface area (Å²) in [4.78, 5) is 38.7. The Morgan fingerprint density at radius 3 is 2.02 bits per heavy atom. The van der Waals surface area contributed by atoms with Gasteiger partial charge in [-0.05, 0) is 24.0 Å². The van der Waals surface area contributed by atoms with Crippen LogP contribution in [0.3, 0.4) is 0 Å². The van der Waals surface area contributed by atoms with E-state index >= 15 is 0 Å². The summed E-state index contributed by atoms with van der Waals surface area (Å²) in [5.74, 6) is -1.60. The standard InChI is InChI=1S/C34H52O8/c1-6-7-8-9-10-11-12-13-14-15-19-22-28(35)40-27(24-23-25(2)3)30-31(32(39-5)34(37)41-30)42-33(36)29(38-4)26-20-17-16-18-21-26/h16-18,20-21,23-25,27,29-32H,6-15,19,22H2,1-5H3/b24-23+/t27-,29-,30-,31-,32-/m1/s1. The van der Waals surface area contributed by atoms with Crippen LogP contribution in [-0.2, 0) is 38.1 Å². The van der Waals surface area contributed by atoms with Gasteiger partial charge in [0.15, 0.2) is 30.5 Å². The summed E-state index contributed by atoms with van der Waals surface area (Å²) in [6.07, 6.45) is 11.6. The van der Waals surface area contributed by atoms with E-state index in [0.29, 0.717) is 5.56 Å². The molecule has 236 valence electrons. The number of hydrogen-bond donors (Lipinski definition) is 0. The summed E-state index contributed by atoms with van der Waals surface area (Å²) in [6, 6.07) is 8.92. The van der Waals surface area contributed by atoms with Gasteiger partial charge < -0.3 is 23.7 Å². The molecule has 0 aromatic heterocycles. The van der Waals surface area contributed by atoms with E-state index in [1.165, 1.54) is 65.6 Å². The minimum atomic E-state index is -1.16. The van der Waals surface area contributed by atoms with Crippen molar-refractivity contribution in [1.29, 1.82) is 0 Å². The molecule has 0 radical (unpaired) electrons. The molecule has 1 heterocycles. The molecule has 0 unspecified atom stereocenters. The molecule has 0 bridgehead atoms. The Labute approximate surface area is 252 Å². The summed E-state index contributed by atoms with van der Waals surface area (Å²) < 4.78 is 28.0. The second kappa shape index (κ2) is 20.2. The van der Waals surface area contributed by atoms with Crippen molar-refractivity contribution < 1.29 is 38.1 Å². The first-order valence-corrected chi connectivity index (χ1v) is 15.7. The van der Waals surface area contributed by atoms with Crippen molar-refractivity contribution in [2.24, 2.45) is 5.92 Å². The van der Waals surface area contributed by atoms with E-state index in [-0.39, 0.29) is 18.3 Å². The smallest absolute Gasteiger partial charge is 0.340 e. The predicted octanol–water partition coefficient (Wildman–Crippen LogP) is 7.05. The number of unbranched alkanes of at least 4 members (excludes halogenated alkanes) is 10. The molecule has 1 aromatic carbocycles. The first-order valence-electron chi connectivity index (χ1n) is 15.7. The molecular weight excluding hydrogens is 536 g/mol. The number of ether oxygens (including phenoxy) is 5. The van der Waals surface area contributed by atoms with E-state index in [4.69, 9.17) is 23.7 Å². The first kappa shape index (κ1) is 35.5. The van der Waals surface area contributed by atoms with Crippen LogP contribution in [0.5, 0.6) is 0 Å². The topological polar surface area (TPSA) is 97.4 Å². The fourth-order valence-electron chi connectivity index (χ4n) is 5.07. The first-order chi connectivity index (χ1) is 20.3. The molecule has 8 nitrogen and oxygen atoms in total. The van der Waals surface area contributed by atoms with Crippen molar-refractivity contribution in [2.75, 3.05) is 14.2 Å². The van der Waals surface area contributed by atoms with Crippen LogP contribution in [0.25, 0.3) is 0 Å². The molecule has 1 aliphatic rings. The van der Waals surface area contributed by atoms with E-state index in [0.717, 1.165) is 19.3 Å². The lowest BCUT2D eigenvalue weighted by atomic mass is 10.0. The average Bonchev–Trinajstić information content (AvgIpc) is 3.28. The lowest BCUT2D eigenvalue weighted by Gasteiger charge is -2.27. The number of esters is 3. The van der Waals surface area contributed by atoms with E-state index in [1.807, 2.05) is 26.0 Å². The van der Waals surface area contributed by atoms with Gasteiger partial charge in [0, 0.05) is 20.6 Å². The number of hydrogen-bond acceptors (Lipinski definition) is 8. The Kier molecular flexibility index (Phi) is 17.1. The number of carbonyl (C=O) groups excluding carboxylic acids is 3. The van der Waals surface area contributed by atoms with Gasteiger partial charge in [-0.1, -0.05) is 121 Å². The predicted molar refractivity (Wildman–Crippen MR) is 162 cm³/mol. The van der Waals surface area contributed by atoms with Crippen LogP contribution in [0.1, 0.15) is 109 Å². The summed E-state index contributed by atoms with van der Waals surface area (Å²) in [5.41, 5.74) is 0.607. The quantitative estimate of drug-likeness (QED) is 0.0652. The highest BCUT2D eigenvalue weighted by Gasteiger charge is 2.52. The van der Waals surface area contributed by atoms with Gasteiger partial charge in [0.2, 0.25) is 0 Å². The van der Waals surface area contributed by atoms with Gasteiger partial charge in [-0.25, -0.2) is 9.59 Å². The summed E-state index contributed by atoms with van der Waals surface area (Å²) in [7, 11) is 2.75. The van der Waals surface area contributed by atoms with Crippen molar-refractivity contribution in [3.05, 3.63) is 48.0 Å². The maximum absolute atomic E-state index is 13.2. The van der Waals surface area contributed by atoms with Crippen LogP contribution < -0.4 is 0 Å². The van der Waals surface area contributed by atoms with E-state index < -0.39 is 42.5 Å². The van der Waals surface area contributed by atoms with Crippen LogP contribution in [-0.4, -0.2) is 56.5 Å². The molecule has 1 fully saturated rings. The van der Waals surface area contributed by atoms with E-state index in [9.17, 15) is 14.4 Å². The number of allylic oxidation sites excluding steroid dienone is 1. The fraction of sp³-hybridized carbons (Fsp3) is 0.676. The molecule has 1 aromatic rings. The average molecular weight is 589 g/mol. The lowest BCUT2D eigenvalue weighted by molar-refractivity contribution is -0.174. The summed E-state index contributed by atoms with van der Waals surface area (Å²) >= 11 is 0. The molecule has 0 aliphatic carbocycles. The molecule has 8 heteroatoms. The third kappa shape index (κ3) is 12.3. The minimum Gasteiger partial charge on any atom is -0.454 e. The summed E-state index contributed by atoms with van der Waals surface area (Å²) in [5, 5.41) is 0. The normalized spacial score (nSPS) is 20.0. The van der Waals surface area contributed by atoms with Gasteiger partial charge in [-0.3, -0.25) is 4.79 Å². The zero-order chi connectivity index (χ0) is 30.7. The zero-order valence-corrected chi connectivity index (χ0v) is 26.3. The van der Waals surface area contributed by atoms with E-state index in [2.05, 4.69) is 6.92 Å². The van der Waals surface area contributed by atoms with Crippen molar-refractivity contribution in [2.45, 2.75) is 128 Å². The van der Waals surface area contributed by atoms with Crippen molar-refractivity contribution in [3.63, 3.8) is 0 Å². The Balaban J connectivity index is 1.97. The van der Waals surface area contributed by atoms with Gasteiger partial charge in [-0.15, -0.1) is 0 Å². The highest BCUT2D eigenvalue weighted by atomic mass is 16.7.